The molecule has 0 radical (unpaired) electrons. The quantitative estimate of drug-likeness (QED) is 0.0768. The lowest BCUT2D eigenvalue weighted by molar-refractivity contribution is -0.141. The molecule has 0 aromatic heterocycles. The zero-order valence-corrected chi connectivity index (χ0v) is 32.7. The molecular formula is C42H46ClN7O8. The summed E-state index contributed by atoms with van der Waals surface area (Å²) in [7, 11) is 1.35. The Morgan fingerprint density at radius 3 is 2.14 bits per heavy atom. The Hall–Kier alpha value is -6.29. The molecular weight excluding hydrogens is 766 g/mol. The molecule has 58 heavy (non-hydrogen) atoms. The fourth-order valence-electron chi connectivity index (χ4n) is 6.60. The van der Waals surface area contributed by atoms with E-state index in [0.29, 0.717) is 36.3 Å². The number of carbonyl (C=O) groups is 6. The van der Waals surface area contributed by atoms with Crippen molar-refractivity contribution in [3.63, 3.8) is 0 Å². The summed E-state index contributed by atoms with van der Waals surface area (Å²) in [6.07, 6.45) is -0.166. The van der Waals surface area contributed by atoms with Gasteiger partial charge in [-0.1, -0.05) is 48.0 Å². The van der Waals surface area contributed by atoms with Crippen LogP contribution in [-0.4, -0.2) is 88.8 Å². The van der Waals surface area contributed by atoms with E-state index in [9.17, 15) is 39.0 Å². The number of rotatable bonds is 12. The number of nitrogens with one attached hydrogen (secondary N) is 4. The van der Waals surface area contributed by atoms with Crippen LogP contribution in [0.15, 0.2) is 84.9 Å². The van der Waals surface area contributed by atoms with E-state index >= 15 is 0 Å². The third kappa shape index (κ3) is 10.4. The lowest BCUT2D eigenvalue weighted by Gasteiger charge is -2.32. The number of nitrogens with zero attached hydrogens (tertiary/aromatic N) is 1. The fourth-order valence-corrected chi connectivity index (χ4v) is 6.73. The van der Waals surface area contributed by atoms with E-state index in [1.54, 1.807) is 36.4 Å². The van der Waals surface area contributed by atoms with Crippen molar-refractivity contribution in [1.29, 1.82) is 0 Å². The molecule has 16 heteroatoms. The zero-order valence-electron chi connectivity index (χ0n) is 31.9. The normalized spacial score (nSPS) is 17.7. The molecule has 4 aromatic rings. The number of hydrogen-bond acceptors (Lipinski definition) is 10. The second-order valence-electron chi connectivity index (χ2n) is 14.1. The molecule has 1 aliphatic heterocycles. The van der Waals surface area contributed by atoms with Crippen molar-refractivity contribution in [2.75, 3.05) is 13.6 Å². The summed E-state index contributed by atoms with van der Waals surface area (Å²) in [6.45, 7) is 1.79. The topological polar surface area (TPSA) is 246 Å². The number of amides is 5. The molecule has 0 saturated heterocycles. The molecule has 5 amide bonds. The minimum Gasteiger partial charge on any atom is -0.507 e. The second kappa shape index (κ2) is 19.2. The van der Waals surface area contributed by atoms with Crippen LogP contribution in [0.3, 0.4) is 0 Å². The largest absolute Gasteiger partial charge is 0.507 e. The number of carbonyl (C=O) groups excluding carboxylic acids is 6. The molecule has 1 heterocycles. The number of phenolic OH excluding ortho intramolecular Hbond substituents is 2. The molecule has 0 aliphatic carbocycles. The van der Waals surface area contributed by atoms with Gasteiger partial charge >= 0.3 is 0 Å². The summed E-state index contributed by atoms with van der Waals surface area (Å²) < 4.78 is 0. The summed E-state index contributed by atoms with van der Waals surface area (Å²) in [4.78, 5) is 81.3. The van der Waals surface area contributed by atoms with Crippen molar-refractivity contribution < 1.29 is 39.0 Å². The Bertz CT molecular complexity index is 2170. The van der Waals surface area contributed by atoms with Gasteiger partial charge in [-0.3, -0.25) is 24.0 Å². The molecule has 304 valence electrons. The van der Waals surface area contributed by atoms with Crippen LogP contribution in [0, 0.1) is 0 Å². The molecule has 5 atom stereocenters. The lowest BCUT2D eigenvalue weighted by Crippen LogP contribution is -2.59. The number of phenols is 2. The summed E-state index contributed by atoms with van der Waals surface area (Å²) in [5, 5.41) is 32.8. The van der Waals surface area contributed by atoms with Gasteiger partial charge in [0.1, 0.15) is 35.9 Å². The van der Waals surface area contributed by atoms with Crippen molar-refractivity contribution in [2.45, 2.75) is 62.9 Å². The van der Waals surface area contributed by atoms with Crippen molar-refractivity contribution in [3.8, 4) is 33.8 Å². The van der Waals surface area contributed by atoms with Gasteiger partial charge in [-0.05, 0) is 104 Å². The van der Waals surface area contributed by atoms with E-state index in [-0.39, 0.29) is 46.6 Å². The zero-order chi connectivity index (χ0) is 42.1. The van der Waals surface area contributed by atoms with E-state index in [2.05, 4.69) is 21.3 Å². The Balaban J connectivity index is 1.50. The molecule has 0 fully saturated rings. The first-order chi connectivity index (χ1) is 27.7. The van der Waals surface area contributed by atoms with Gasteiger partial charge in [0.05, 0.1) is 6.04 Å². The number of benzene rings is 4. The number of halogens is 1. The SMILES string of the molecule is C[C@@H](C=O)NC(=O)[C@@H]1Cc2ccc(O)c(c2)-c2cc(ccc2O)[C@H](N(C)C(=O)[C@H](CCCCN)NC(=O)c2ccc(-c3ccc(Cl)cc3)cc2)C(=O)N[C@@H](N)C(=O)N1. The van der Waals surface area contributed by atoms with Gasteiger partial charge < -0.3 is 52.6 Å². The highest BCUT2D eigenvalue weighted by Gasteiger charge is 2.36. The standard InChI is InChI=1S/C42H46ClN7O8/c1-23(22-51)46-39(55)33-20-24-6-16-34(52)30(19-24)31-21-28(13-17-35(31)53)36(40(56)49-37(45)41(57)48-33)50(2)42(58)32(5-3-4-18-44)47-38(54)27-9-7-25(8-10-27)26-11-14-29(43)15-12-26/h6-17,19,21-23,32-33,36-37,52-53H,3-5,18,20,44-45H2,1-2H3,(H,46,55)(H,47,54)(H,48,57)(H,49,56)/t23-,32-,33-,36-,37+/m0/s1. The van der Waals surface area contributed by atoms with Crippen LogP contribution in [0.1, 0.15) is 53.7 Å². The van der Waals surface area contributed by atoms with Crippen molar-refractivity contribution in [2.24, 2.45) is 11.5 Å². The number of unbranched alkanes of at least 4 members (excludes halogenated alkanes) is 1. The molecule has 1 aliphatic rings. The van der Waals surface area contributed by atoms with Gasteiger partial charge in [-0.25, -0.2) is 0 Å². The van der Waals surface area contributed by atoms with Crippen LogP contribution in [0.5, 0.6) is 11.5 Å². The first kappa shape index (κ1) is 42.8. The Morgan fingerprint density at radius 2 is 1.50 bits per heavy atom. The van der Waals surface area contributed by atoms with Crippen LogP contribution < -0.4 is 32.7 Å². The third-order valence-corrected chi connectivity index (χ3v) is 10.0. The van der Waals surface area contributed by atoms with Gasteiger partial charge in [0.25, 0.3) is 11.8 Å². The summed E-state index contributed by atoms with van der Waals surface area (Å²) in [5.41, 5.74) is 14.8. The van der Waals surface area contributed by atoms with Gasteiger partial charge in [-0.2, -0.15) is 0 Å². The number of aldehydes is 1. The monoisotopic (exact) mass is 811 g/mol. The van der Waals surface area contributed by atoms with Crippen LogP contribution in [0.2, 0.25) is 5.02 Å². The van der Waals surface area contributed by atoms with Crippen LogP contribution in [0.25, 0.3) is 22.3 Å². The molecule has 0 saturated carbocycles. The average molecular weight is 812 g/mol. The minimum absolute atomic E-state index is 0.0892. The maximum absolute atomic E-state index is 14.4. The maximum Gasteiger partial charge on any atom is 0.258 e. The van der Waals surface area contributed by atoms with Crippen LogP contribution >= 0.6 is 11.6 Å². The molecule has 15 nitrogen and oxygen atoms in total. The van der Waals surface area contributed by atoms with Gasteiger partial charge in [0.15, 0.2) is 6.17 Å². The Morgan fingerprint density at radius 1 is 0.879 bits per heavy atom. The maximum atomic E-state index is 14.4. The first-order valence-electron chi connectivity index (χ1n) is 18.6. The van der Waals surface area contributed by atoms with Gasteiger partial charge in [-0.15, -0.1) is 0 Å². The highest BCUT2D eigenvalue weighted by atomic mass is 35.5. The van der Waals surface area contributed by atoms with Crippen LogP contribution in [-0.2, 0) is 30.4 Å². The summed E-state index contributed by atoms with van der Waals surface area (Å²) in [5.74, 6) is -4.31. The molecule has 0 spiro atoms. The van der Waals surface area contributed by atoms with E-state index in [1.165, 1.54) is 50.4 Å². The van der Waals surface area contributed by atoms with E-state index in [0.717, 1.165) is 16.0 Å². The van der Waals surface area contributed by atoms with Crippen molar-refractivity contribution in [3.05, 3.63) is 107 Å². The fraction of sp³-hybridized carbons (Fsp3) is 0.286. The predicted octanol–water partition coefficient (Wildman–Crippen LogP) is 2.66. The molecule has 0 unspecified atom stereocenters. The molecule has 5 rings (SSSR count). The minimum atomic E-state index is -1.72. The second-order valence-corrected chi connectivity index (χ2v) is 14.5. The summed E-state index contributed by atoms with van der Waals surface area (Å²) >= 11 is 6.03. The Labute approximate surface area is 340 Å². The molecule has 4 aromatic carbocycles. The van der Waals surface area contributed by atoms with Crippen LogP contribution in [0.4, 0.5) is 0 Å². The van der Waals surface area contributed by atoms with Crippen molar-refractivity contribution in [1.82, 2.24) is 26.2 Å². The highest BCUT2D eigenvalue weighted by molar-refractivity contribution is 6.30. The lowest BCUT2D eigenvalue weighted by atomic mass is 9.93. The van der Waals surface area contributed by atoms with Gasteiger partial charge in [0, 0.05) is 35.2 Å². The predicted molar refractivity (Wildman–Crippen MR) is 217 cm³/mol. The van der Waals surface area contributed by atoms with Gasteiger partial charge in [0.2, 0.25) is 17.7 Å². The molecule has 4 bridgehead atoms. The molecule has 10 N–H and O–H groups in total. The van der Waals surface area contributed by atoms with Crippen molar-refractivity contribution >= 4 is 47.4 Å². The highest BCUT2D eigenvalue weighted by Crippen LogP contribution is 2.39. The average Bonchev–Trinajstić information content (AvgIpc) is 3.21. The number of hydrogen-bond donors (Lipinski definition) is 8. The number of fused-ring (bicyclic) bond motifs is 5. The summed E-state index contributed by atoms with van der Waals surface area (Å²) in [6, 6.07) is 17.7. The van der Waals surface area contributed by atoms with E-state index < -0.39 is 59.9 Å². The van der Waals surface area contributed by atoms with E-state index in [4.69, 9.17) is 23.1 Å². The Kier molecular flexibility index (Phi) is 14.2. The number of aromatic hydroxyl groups is 2. The third-order valence-electron chi connectivity index (χ3n) is 9.77. The first-order valence-corrected chi connectivity index (χ1v) is 19.0. The smallest absolute Gasteiger partial charge is 0.258 e. The van der Waals surface area contributed by atoms with E-state index in [1.807, 2.05) is 12.1 Å². The number of nitrogens with two attached hydrogens (primary N) is 2. The number of likely N-dealkylation sites (N-methyl/N-ethyl adjacent to an activating group) is 1.